The molecule has 1 heterocycles. The Bertz CT molecular complexity index is 592. The molecule has 1 aromatic carbocycles. The van der Waals surface area contributed by atoms with Gasteiger partial charge in [-0.15, -0.1) is 6.42 Å². The molecular formula is C14H15N3O3. The van der Waals surface area contributed by atoms with Crippen molar-refractivity contribution in [2.75, 3.05) is 20.8 Å². The Hall–Kier alpha value is -2.68. The topological polar surface area (TPSA) is 74.7 Å². The van der Waals surface area contributed by atoms with Crippen LogP contribution < -0.4 is 14.8 Å². The lowest BCUT2D eigenvalue weighted by molar-refractivity contribution is 0.212. The summed E-state index contributed by atoms with van der Waals surface area (Å²) in [5.74, 6) is 3.68. The third kappa shape index (κ3) is 2.26. The zero-order valence-corrected chi connectivity index (χ0v) is 11.3. The van der Waals surface area contributed by atoms with Gasteiger partial charge in [0.05, 0.1) is 20.8 Å². The molecule has 1 saturated heterocycles. The summed E-state index contributed by atoms with van der Waals surface area (Å²) in [6.45, 7) is 0.119. The number of terminal acetylenes is 1. The zero-order valence-electron chi connectivity index (χ0n) is 11.3. The Balaban J connectivity index is 2.46. The molecule has 0 radical (unpaired) electrons. The van der Waals surface area contributed by atoms with Gasteiger partial charge in [-0.3, -0.25) is 15.6 Å². The molecule has 0 bridgehead atoms. The molecule has 6 heteroatoms. The number of urea groups is 1. The number of carbonyl (C=O) groups is 1. The van der Waals surface area contributed by atoms with Crippen molar-refractivity contribution in [2.45, 2.75) is 6.04 Å². The van der Waals surface area contributed by atoms with E-state index < -0.39 is 6.04 Å². The minimum absolute atomic E-state index is 0.0775. The summed E-state index contributed by atoms with van der Waals surface area (Å²) >= 11 is 0. The molecule has 104 valence electrons. The van der Waals surface area contributed by atoms with E-state index >= 15 is 0 Å². The average molecular weight is 273 g/mol. The number of benzene rings is 1. The monoisotopic (exact) mass is 273 g/mol. The molecule has 1 fully saturated rings. The summed E-state index contributed by atoms with van der Waals surface area (Å²) in [5, 5.41) is 10.4. The summed E-state index contributed by atoms with van der Waals surface area (Å²) < 4.78 is 10.5. The number of hydrogen-bond donors (Lipinski definition) is 2. The summed E-state index contributed by atoms with van der Waals surface area (Å²) in [7, 11) is 3.08. The van der Waals surface area contributed by atoms with Crippen LogP contribution in [-0.2, 0) is 0 Å². The molecule has 0 aliphatic carbocycles. The second kappa shape index (κ2) is 5.53. The van der Waals surface area contributed by atoms with Gasteiger partial charge in [-0.1, -0.05) is 5.92 Å². The van der Waals surface area contributed by atoms with Gasteiger partial charge in [0.2, 0.25) is 0 Å². The lowest BCUT2D eigenvalue weighted by Crippen LogP contribution is -2.30. The van der Waals surface area contributed by atoms with Crippen LogP contribution in [0.2, 0.25) is 0 Å². The number of amides is 2. The van der Waals surface area contributed by atoms with Crippen LogP contribution in [0.5, 0.6) is 11.5 Å². The summed E-state index contributed by atoms with van der Waals surface area (Å²) in [5.41, 5.74) is 0.687. The highest BCUT2D eigenvalue weighted by molar-refractivity contribution is 6.06. The highest BCUT2D eigenvalue weighted by Gasteiger charge is 2.37. The number of carbonyl (C=O) groups excluding carboxylic acids is 1. The highest BCUT2D eigenvalue weighted by atomic mass is 16.5. The van der Waals surface area contributed by atoms with Crippen LogP contribution in [0.3, 0.4) is 0 Å². The Morgan fingerprint density at radius 3 is 2.80 bits per heavy atom. The molecule has 0 saturated carbocycles. The molecule has 20 heavy (non-hydrogen) atoms. The maximum atomic E-state index is 11.8. The van der Waals surface area contributed by atoms with Crippen molar-refractivity contribution in [3.05, 3.63) is 23.8 Å². The standard InChI is InChI=1S/C14H15N3O3/c1-4-7-17-12(13(15)16-14(17)18)10-6-5-9(19-2)8-11(10)20-3/h1,5-6,8,12H,7H2,2-3H3,(H2,15,16,18). The number of hydrogen-bond acceptors (Lipinski definition) is 4. The van der Waals surface area contributed by atoms with Gasteiger partial charge < -0.3 is 9.47 Å². The average Bonchev–Trinajstić information content (AvgIpc) is 2.73. The third-order valence-electron chi connectivity index (χ3n) is 3.08. The fourth-order valence-electron chi connectivity index (χ4n) is 2.16. The van der Waals surface area contributed by atoms with Crippen LogP contribution >= 0.6 is 0 Å². The van der Waals surface area contributed by atoms with E-state index in [2.05, 4.69) is 11.2 Å². The van der Waals surface area contributed by atoms with Crippen molar-refractivity contribution >= 4 is 11.9 Å². The van der Waals surface area contributed by atoms with Crippen LogP contribution in [0.4, 0.5) is 4.79 Å². The Morgan fingerprint density at radius 2 is 2.20 bits per heavy atom. The second-order valence-electron chi connectivity index (χ2n) is 4.19. The minimum Gasteiger partial charge on any atom is -0.497 e. The maximum Gasteiger partial charge on any atom is 0.324 e. The predicted molar refractivity (Wildman–Crippen MR) is 74.1 cm³/mol. The fourth-order valence-corrected chi connectivity index (χ4v) is 2.16. The Kier molecular flexibility index (Phi) is 3.80. The number of ether oxygens (including phenoxy) is 2. The van der Waals surface area contributed by atoms with Gasteiger partial charge in [0.25, 0.3) is 0 Å². The minimum atomic E-state index is -0.570. The zero-order chi connectivity index (χ0) is 14.7. The number of nitrogens with zero attached hydrogens (tertiary/aromatic N) is 1. The van der Waals surface area contributed by atoms with Crippen LogP contribution in [-0.4, -0.2) is 37.5 Å². The van der Waals surface area contributed by atoms with E-state index in [1.54, 1.807) is 25.3 Å². The smallest absolute Gasteiger partial charge is 0.324 e. The molecule has 6 nitrogen and oxygen atoms in total. The summed E-state index contributed by atoms with van der Waals surface area (Å²) in [4.78, 5) is 13.2. The van der Waals surface area contributed by atoms with Crippen LogP contribution in [0.25, 0.3) is 0 Å². The summed E-state index contributed by atoms with van der Waals surface area (Å²) in [6.07, 6.45) is 5.28. The third-order valence-corrected chi connectivity index (χ3v) is 3.08. The van der Waals surface area contributed by atoms with E-state index in [1.807, 2.05) is 0 Å². The molecule has 2 N–H and O–H groups in total. The number of nitrogens with one attached hydrogen (secondary N) is 2. The molecule has 1 atom stereocenters. The second-order valence-corrected chi connectivity index (χ2v) is 4.19. The van der Waals surface area contributed by atoms with Gasteiger partial charge in [-0.25, -0.2) is 4.79 Å². The predicted octanol–water partition coefficient (Wildman–Crippen LogP) is 1.38. The van der Waals surface area contributed by atoms with Gasteiger partial charge in [-0.2, -0.15) is 0 Å². The normalized spacial score (nSPS) is 17.6. The SMILES string of the molecule is C#CCN1C(=O)NC(=N)C1c1ccc(OC)cc1OC. The van der Waals surface area contributed by atoms with Crippen molar-refractivity contribution in [1.29, 1.82) is 5.41 Å². The van der Waals surface area contributed by atoms with E-state index in [1.165, 1.54) is 12.0 Å². The molecule has 2 rings (SSSR count). The number of methoxy groups -OCH3 is 2. The quantitative estimate of drug-likeness (QED) is 0.814. The van der Waals surface area contributed by atoms with Crippen LogP contribution in [0, 0.1) is 17.8 Å². The highest BCUT2D eigenvalue weighted by Crippen LogP contribution is 2.34. The molecule has 0 spiro atoms. The van der Waals surface area contributed by atoms with Crippen molar-refractivity contribution in [3.8, 4) is 23.8 Å². The van der Waals surface area contributed by atoms with E-state index in [0.29, 0.717) is 17.1 Å². The number of amidine groups is 1. The fraction of sp³-hybridized carbons (Fsp3) is 0.286. The van der Waals surface area contributed by atoms with Gasteiger partial charge >= 0.3 is 6.03 Å². The lowest BCUT2D eigenvalue weighted by atomic mass is 10.0. The first kappa shape index (κ1) is 13.7. The molecule has 1 unspecified atom stereocenters. The van der Waals surface area contributed by atoms with E-state index in [0.717, 1.165) is 0 Å². The van der Waals surface area contributed by atoms with Crippen LogP contribution in [0.1, 0.15) is 11.6 Å². The van der Waals surface area contributed by atoms with Gasteiger partial charge in [-0.05, 0) is 12.1 Å². The molecule has 1 aromatic rings. The number of rotatable bonds is 4. The molecule has 2 amide bonds. The lowest BCUT2D eigenvalue weighted by Gasteiger charge is -2.22. The molecular weight excluding hydrogens is 258 g/mol. The van der Waals surface area contributed by atoms with E-state index in [9.17, 15) is 4.79 Å². The maximum absolute atomic E-state index is 11.8. The molecule has 0 aromatic heterocycles. The van der Waals surface area contributed by atoms with Crippen LogP contribution in [0.15, 0.2) is 18.2 Å². The summed E-state index contributed by atoms with van der Waals surface area (Å²) in [6, 6.07) is 4.28. The largest absolute Gasteiger partial charge is 0.497 e. The molecule has 1 aliphatic rings. The van der Waals surface area contributed by atoms with Crippen molar-refractivity contribution in [1.82, 2.24) is 10.2 Å². The van der Waals surface area contributed by atoms with Gasteiger partial charge in [0.15, 0.2) is 0 Å². The van der Waals surface area contributed by atoms with Gasteiger partial charge in [0, 0.05) is 11.6 Å². The molecule has 1 aliphatic heterocycles. The van der Waals surface area contributed by atoms with Crippen molar-refractivity contribution < 1.29 is 14.3 Å². The first-order valence-corrected chi connectivity index (χ1v) is 5.93. The Labute approximate surface area is 117 Å². The van der Waals surface area contributed by atoms with E-state index in [4.69, 9.17) is 21.3 Å². The van der Waals surface area contributed by atoms with E-state index in [-0.39, 0.29) is 18.4 Å². The first-order chi connectivity index (χ1) is 9.62. The Morgan fingerprint density at radius 1 is 1.45 bits per heavy atom. The van der Waals surface area contributed by atoms with Crippen molar-refractivity contribution in [3.63, 3.8) is 0 Å². The first-order valence-electron chi connectivity index (χ1n) is 5.93. The van der Waals surface area contributed by atoms with Crippen molar-refractivity contribution in [2.24, 2.45) is 0 Å². The van der Waals surface area contributed by atoms with Gasteiger partial charge in [0.1, 0.15) is 23.4 Å².